The lowest BCUT2D eigenvalue weighted by Gasteiger charge is -2.12. The first-order valence-electron chi connectivity index (χ1n) is 5.57. The quantitative estimate of drug-likeness (QED) is 0.498. The van der Waals surface area contributed by atoms with Crippen LogP contribution >= 0.6 is 15.6 Å². The van der Waals surface area contributed by atoms with Gasteiger partial charge < -0.3 is 14.7 Å². The number of benzene rings is 1. The Bertz CT molecular complexity index is 470. The zero-order chi connectivity index (χ0) is 14.4. The predicted octanol–water partition coefficient (Wildman–Crippen LogP) is 2.24. The Balaban J connectivity index is 2.20. The highest BCUT2D eigenvalue weighted by atomic mass is 31.3. The van der Waals surface area contributed by atoms with Crippen LogP contribution in [0.2, 0.25) is 0 Å². The van der Waals surface area contributed by atoms with Crippen molar-refractivity contribution in [2.24, 2.45) is 0 Å². The summed E-state index contributed by atoms with van der Waals surface area (Å²) in [5.41, 5.74) is 1.14. The fourth-order valence-corrected chi connectivity index (χ4v) is 3.04. The molecule has 0 spiro atoms. The van der Waals surface area contributed by atoms with E-state index in [1.807, 2.05) is 30.3 Å². The summed E-state index contributed by atoms with van der Waals surface area (Å²) < 4.78 is 29.5. The molecule has 1 atom stereocenters. The lowest BCUT2D eigenvalue weighted by Crippen LogP contribution is -1.97. The maximum atomic E-state index is 11.1. The van der Waals surface area contributed by atoms with E-state index in [9.17, 15) is 9.13 Å². The minimum atomic E-state index is -5.03. The first-order valence-corrected chi connectivity index (χ1v) is 8.59. The first kappa shape index (κ1) is 16.5. The molecule has 3 N–H and O–H groups in total. The second-order valence-electron chi connectivity index (χ2n) is 3.82. The molecule has 19 heavy (non-hydrogen) atoms. The molecule has 1 unspecified atom stereocenters. The van der Waals surface area contributed by atoms with Crippen LogP contribution in [0.15, 0.2) is 30.3 Å². The molecule has 0 aromatic heterocycles. The van der Waals surface area contributed by atoms with Crippen molar-refractivity contribution in [1.82, 2.24) is 0 Å². The van der Waals surface area contributed by atoms with Crippen molar-refractivity contribution in [2.45, 2.75) is 19.3 Å². The standard InChI is InChI=1S/C10H16O7P2/c11-18(12,13)17-19(14,15)16-9-5-4-8-10-6-2-1-3-7-10/h1-3,6-7H,4-5,8-9H2,(H,14,15)(H2,11,12,13). The summed E-state index contributed by atoms with van der Waals surface area (Å²) in [7, 11) is -9.72. The number of hydrogen-bond acceptors (Lipinski definition) is 4. The molecule has 0 heterocycles. The lowest BCUT2D eigenvalue weighted by atomic mass is 10.1. The molecule has 0 radical (unpaired) electrons. The van der Waals surface area contributed by atoms with Gasteiger partial charge in [-0.05, 0) is 24.8 Å². The van der Waals surface area contributed by atoms with E-state index in [0.29, 0.717) is 6.42 Å². The average molecular weight is 310 g/mol. The molecular weight excluding hydrogens is 294 g/mol. The van der Waals surface area contributed by atoms with Crippen LogP contribution in [0.25, 0.3) is 0 Å². The monoisotopic (exact) mass is 310 g/mol. The topological polar surface area (TPSA) is 113 Å². The third-order valence-corrected chi connectivity index (χ3v) is 4.35. The summed E-state index contributed by atoms with van der Waals surface area (Å²) in [5, 5.41) is 0. The normalized spacial score (nSPS) is 15.1. The van der Waals surface area contributed by atoms with Crippen molar-refractivity contribution in [3.63, 3.8) is 0 Å². The molecule has 1 aromatic rings. The van der Waals surface area contributed by atoms with Crippen molar-refractivity contribution in [3.8, 4) is 0 Å². The van der Waals surface area contributed by atoms with Crippen molar-refractivity contribution in [3.05, 3.63) is 35.9 Å². The third kappa shape index (κ3) is 8.29. The van der Waals surface area contributed by atoms with Gasteiger partial charge in [0.1, 0.15) is 0 Å². The van der Waals surface area contributed by atoms with E-state index < -0.39 is 15.6 Å². The smallest absolute Gasteiger partial charge is 0.302 e. The molecular formula is C10H16O7P2. The number of hydrogen-bond donors (Lipinski definition) is 3. The van der Waals surface area contributed by atoms with Crippen LogP contribution in [0.3, 0.4) is 0 Å². The fourth-order valence-electron chi connectivity index (χ4n) is 1.41. The van der Waals surface area contributed by atoms with Gasteiger partial charge in [-0.2, -0.15) is 4.31 Å². The molecule has 0 bridgehead atoms. The van der Waals surface area contributed by atoms with Crippen LogP contribution in [0.1, 0.15) is 18.4 Å². The molecule has 108 valence electrons. The zero-order valence-electron chi connectivity index (χ0n) is 10.1. The predicted molar refractivity (Wildman–Crippen MR) is 68.3 cm³/mol. The van der Waals surface area contributed by atoms with Gasteiger partial charge in [-0.15, -0.1) is 0 Å². The molecule has 0 aliphatic heterocycles. The highest BCUT2D eigenvalue weighted by Gasteiger charge is 2.31. The Labute approximate surface area is 111 Å². The Kier molecular flexibility index (Phi) is 6.36. The van der Waals surface area contributed by atoms with Gasteiger partial charge in [-0.1, -0.05) is 30.3 Å². The van der Waals surface area contributed by atoms with Gasteiger partial charge in [0, 0.05) is 0 Å². The van der Waals surface area contributed by atoms with Crippen LogP contribution in [0.4, 0.5) is 0 Å². The maximum Gasteiger partial charge on any atom is 0.481 e. The van der Waals surface area contributed by atoms with E-state index in [1.54, 1.807) is 0 Å². The summed E-state index contributed by atoms with van der Waals surface area (Å²) >= 11 is 0. The SMILES string of the molecule is O=P(O)(O)OP(=O)(O)OCCCCc1ccccc1. The van der Waals surface area contributed by atoms with Crippen molar-refractivity contribution >= 4 is 15.6 Å². The van der Waals surface area contributed by atoms with E-state index >= 15 is 0 Å². The van der Waals surface area contributed by atoms with Gasteiger partial charge in [0.25, 0.3) is 0 Å². The number of rotatable bonds is 8. The minimum Gasteiger partial charge on any atom is -0.302 e. The Morgan fingerprint density at radius 2 is 1.63 bits per heavy atom. The molecule has 1 rings (SSSR count). The number of aryl methyl sites for hydroxylation is 1. The summed E-state index contributed by atoms with van der Waals surface area (Å²) in [4.78, 5) is 25.7. The molecule has 1 aromatic carbocycles. The van der Waals surface area contributed by atoms with Crippen LogP contribution in [-0.4, -0.2) is 21.3 Å². The molecule has 9 heteroatoms. The van der Waals surface area contributed by atoms with Crippen LogP contribution in [-0.2, 0) is 24.4 Å². The minimum absolute atomic E-state index is 0.111. The van der Waals surface area contributed by atoms with Gasteiger partial charge in [-0.25, -0.2) is 9.13 Å². The van der Waals surface area contributed by atoms with Crippen LogP contribution in [0, 0.1) is 0 Å². The van der Waals surface area contributed by atoms with Crippen LogP contribution < -0.4 is 0 Å². The fraction of sp³-hybridized carbons (Fsp3) is 0.400. The van der Waals surface area contributed by atoms with Crippen molar-refractivity contribution < 1.29 is 32.6 Å². The van der Waals surface area contributed by atoms with Crippen molar-refractivity contribution in [1.29, 1.82) is 0 Å². The first-order chi connectivity index (χ1) is 8.79. The number of unbranched alkanes of at least 4 members (excludes halogenated alkanes) is 1. The van der Waals surface area contributed by atoms with E-state index in [-0.39, 0.29) is 6.61 Å². The van der Waals surface area contributed by atoms with E-state index in [0.717, 1.165) is 18.4 Å². The third-order valence-electron chi connectivity index (χ3n) is 2.17. The Hall–Kier alpha value is -0.520. The molecule has 0 amide bonds. The van der Waals surface area contributed by atoms with Gasteiger partial charge in [0.05, 0.1) is 6.61 Å². The summed E-state index contributed by atoms with van der Waals surface area (Å²) in [6.07, 6.45) is 1.99. The summed E-state index contributed by atoms with van der Waals surface area (Å²) in [6, 6.07) is 9.68. The molecule has 0 fully saturated rings. The Morgan fingerprint density at radius 3 is 2.21 bits per heavy atom. The number of phosphoric acid groups is 2. The van der Waals surface area contributed by atoms with E-state index in [4.69, 9.17) is 14.7 Å². The van der Waals surface area contributed by atoms with Crippen molar-refractivity contribution in [2.75, 3.05) is 6.61 Å². The molecule has 0 saturated carbocycles. The maximum absolute atomic E-state index is 11.1. The molecule has 7 nitrogen and oxygen atoms in total. The average Bonchev–Trinajstić information content (AvgIpc) is 2.26. The second-order valence-corrected chi connectivity index (χ2v) is 6.65. The van der Waals surface area contributed by atoms with Gasteiger partial charge in [0.2, 0.25) is 0 Å². The molecule has 0 aliphatic rings. The van der Waals surface area contributed by atoms with Gasteiger partial charge in [0.15, 0.2) is 0 Å². The molecule has 0 saturated heterocycles. The zero-order valence-corrected chi connectivity index (χ0v) is 11.9. The highest BCUT2D eigenvalue weighted by Crippen LogP contribution is 2.57. The van der Waals surface area contributed by atoms with Crippen LogP contribution in [0.5, 0.6) is 0 Å². The largest absolute Gasteiger partial charge is 0.481 e. The summed E-state index contributed by atoms with van der Waals surface area (Å²) in [5.74, 6) is 0. The number of phosphoric ester groups is 1. The van der Waals surface area contributed by atoms with E-state index in [2.05, 4.69) is 8.83 Å². The lowest BCUT2D eigenvalue weighted by molar-refractivity contribution is 0.176. The summed E-state index contributed by atoms with van der Waals surface area (Å²) in [6.45, 7) is -0.111. The Morgan fingerprint density at radius 1 is 1.00 bits per heavy atom. The van der Waals surface area contributed by atoms with Gasteiger partial charge >= 0.3 is 15.6 Å². The molecule has 0 aliphatic carbocycles. The van der Waals surface area contributed by atoms with Gasteiger partial charge in [-0.3, -0.25) is 4.52 Å². The second kappa shape index (κ2) is 7.31. The van der Waals surface area contributed by atoms with E-state index in [1.165, 1.54) is 0 Å². The highest BCUT2D eigenvalue weighted by molar-refractivity contribution is 7.60.